The maximum absolute atomic E-state index is 11.0. The van der Waals surface area contributed by atoms with Gasteiger partial charge in [0.2, 0.25) is 23.7 Å². The first-order chi connectivity index (χ1) is 11.5. The van der Waals surface area contributed by atoms with Crippen molar-refractivity contribution in [1.29, 1.82) is 0 Å². The van der Waals surface area contributed by atoms with Crippen LogP contribution in [0.1, 0.15) is 13.8 Å². The Hall–Kier alpha value is -3.56. The molecule has 122 valence electrons. The summed E-state index contributed by atoms with van der Waals surface area (Å²) in [6.45, 7) is 2.77. The van der Waals surface area contributed by atoms with E-state index < -0.39 is 0 Å². The average molecular weight is 326 g/mol. The van der Waals surface area contributed by atoms with Crippen molar-refractivity contribution >= 4 is 23.7 Å². The van der Waals surface area contributed by atoms with Gasteiger partial charge in [-0.15, -0.1) is 10.2 Å². The number of anilines is 2. The van der Waals surface area contributed by atoms with Crippen molar-refractivity contribution in [3.63, 3.8) is 0 Å². The molecular formula is C14H14N8O2. The van der Waals surface area contributed by atoms with Crippen LogP contribution in [0.5, 0.6) is 0 Å². The van der Waals surface area contributed by atoms with Gasteiger partial charge in [0.25, 0.3) is 0 Å². The summed E-state index contributed by atoms with van der Waals surface area (Å²) >= 11 is 0. The van der Waals surface area contributed by atoms with Crippen LogP contribution in [-0.2, 0) is 9.59 Å². The van der Waals surface area contributed by atoms with Crippen LogP contribution in [0.15, 0.2) is 24.3 Å². The van der Waals surface area contributed by atoms with E-state index in [1.165, 1.54) is 13.8 Å². The number of hydrogen-bond acceptors (Lipinski definition) is 6. The molecule has 2 amide bonds. The number of aromatic amines is 2. The van der Waals surface area contributed by atoms with E-state index in [1.54, 1.807) is 0 Å². The van der Waals surface area contributed by atoms with E-state index in [2.05, 4.69) is 41.0 Å². The average Bonchev–Trinajstić information content (AvgIpc) is 3.16. The van der Waals surface area contributed by atoms with Crippen LogP contribution in [0.4, 0.5) is 11.9 Å². The van der Waals surface area contributed by atoms with Crippen LogP contribution in [0.25, 0.3) is 22.8 Å². The van der Waals surface area contributed by atoms with E-state index >= 15 is 0 Å². The summed E-state index contributed by atoms with van der Waals surface area (Å²) in [5.74, 6) is 1.02. The first-order valence-electron chi connectivity index (χ1n) is 7.02. The first-order valence-corrected chi connectivity index (χ1v) is 7.02. The fourth-order valence-electron chi connectivity index (χ4n) is 1.99. The van der Waals surface area contributed by atoms with Crippen LogP contribution in [0, 0.1) is 0 Å². The topological polar surface area (TPSA) is 141 Å². The Morgan fingerprint density at radius 1 is 0.792 bits per heavy atom. The number of H-pyrrole nitrogens is 2. The Morgan fingerprint density at radius 2 is 1.17 bits per heavy atom. The van der Waals surface area contributed by atoms with Gasteiger partial charge in [0, 0.05) is 25.0 Å². The molecular weight excluding hydrogens is 312 g/mol. The Kier molecular flexibility index (Phi) is 4.01. The number of benzene rings is 1. The molecule has 24 heavy (non-hydrogen) atoms. The van der Waals surface area contributed by atoms with Crippen LogP contribution in [0.2, 0.25) is 0 Å². The molecule has 3 rings (SSSR count). The van der Waals surface area contributed by atoms with Crippen molar-refractivity contribution in [2.24, 2.45) is 0 Å². The second kappa shape index (κ2) is 6.28. The molecule has 0 unspecified atom stereocenters. The van der Waals surface area contributed by atoms with E-state index in [4.69, 9.17) is 0 Å². The quantitative estimate of drug-likeness (QED) is 0.567. The van der Waals surface area contributed by atoms with Gasteiger partial charge in [0.1, 0.15) is 0 Å². The molecule has 2 heterocycles. The van der Waals surface area contributed by atoms with Crippen LogP contribution < -0.4 is 10.6 Å². The summed E-state index contributed by atoms with van der Waals surface area (Å²) in [7, 11) is 0. The van der Waals surface area contributed by atoms with E-state index in [1.807, 2.05) is 24.3 Å². The zero-order chi connectivity index (χ0) is 17.1. The molecule has 0 saturated heterocycles. The molecule has 0 radical (unpaired) electrons. The predicted molar refractivity (Wildman–Crippen MR) is 85.8 cm³/mol. The molecule has 10 heteroatoms. The molecule has 3 aromatic rings. The number of carbonyl (C=O) groups is 2. The Morgan fingerprint density at radius 3 is 1.50 bits per heavy atom. The van der Waals surface area contributed by atoms with Crippen molar-refractivity contribution in [1.82, 2.24) is 30.4 Å². The minimum Gasteiger partial charge on any atom is -0.293 e. The Balaban J connectivity index is 1.77. The second-order valence-electron chi connectivity index (χ2n) is 4.95. The summed E-state index contributed by atoms with van der Waals surface area (Å²) in [5, 5.41) is 18.3. The molecule has 4 N–H and O–H groups in total. The van der Waals surface area contributed by atoms with Gasteiger partial charge in [-0.05, 0) is 0 Å². The van der Waals surface area contributed by atoms with E-state index in [0.717, 1.165) is 11.1 Å². The Labute approximate surface area is 136 Å². The summed E-state index contributed by atoms with van der Waals surface area (Å²) < 4.78 is 0. The highest BCUT2D eigenvalue weighted by Gasteiger charge is 2.09. The summed E-state index contributed by atoms with van der Waals surface area (Å²) in [5.41, 5.74) is 1.59. The van der Waals surface area contributed by atoms with Gasteiger partial charge in [-0.2, -0.15) is 9.97 Å². The summed E-state index contributed by atoms with van der Waals surface area (Å²) in [6.07, 6.45) is 0. The number of carbonyl (C=O) groups excluding carboxylic acids is 2. The first kappa shape index (κ1) is 15.3. The lowest BCUT2D eigenvalue weighted by molar-refractivity contribution is -0.115. The van der Waals surface area contributed by atoms with Gasteiger partial charge in [0.05, 0.1) is 0 Å². The van der Waals surface area contributed by atoms with E-state index in [0.29, 0.717) is 11.6 Å². The van der Waals surface area contributed by atoms with Crippen LogP contribution in [-0.4, -0.2) is 42.2 Å². The van der Waals surface area contributed by atoms with Gasteiger partial charge >= 0.3 is 0 Å². The third-order valence-corrected chi connectivity index (χ3v) is 2.98. The summed E-state index contributed by atoms with van der Waals surface area (Å²) in [6, 6.07) is 7.31. The highest BCUT2D eigenvalue weighted by atomic mass is 16.2. The second-order valence-corrected chi connectivity index (χ2v) is 4.95. The monoisotopic (exact) mass is 326 g/mol. The maximum Gasteiger partial charge on any atom is 0.249 e. The zero-order valence-corrected chi connectivity index (χ0v) is 12.9. The Bertz CT molecular complexity index is 807. The standard InChI is InChI=1S/C14H14N8O2/c1-7(23)15-13-17-11(19-21-13)9-3-5-10(6-4-9)12-18-14(22-20-12)16-8(2)24/h3-6H,1-2H3,(H2,15,17,19,21,23)(H2,16,18,20,22,24). The third kappa shape index (κ3) is 3.43. The molecule has 0 saturated carbocycles. The number of hydrogen-bond donors (Lipinski definition) is 4. The third-order valence-electron chi connectivity index (χ3n) is 2.98. The lowest BCUT2D eigenvalue weighted by Crippen LogP contribution is -2.07. The molecule has 0 fully saturated rings. The molecule has 0 bridgehead atoms. The number of rotatable bonds is 4. The number of aromatic nitrogens is 6. The predicted octanol–water partition coefficient (Wildman–Crippen LogP) is 1.17. The number of amides is 2. The summed E-state index contributed by atoms with van der Waals surface area (Å²) in [4.78, 5) is 30.3. The normalized spacial score (nSPS) is 10.4. The maximum atomic E-state index is 11.0. The molecule has 0 aliphatic heterocycles. The van der Waals surface area contributed by atoms with E-state index in [9.17, 15) is 9.59 Å². The minimum atomic E-state index is -0.240. The molecule has 2 aromatic heterocycles. The highest BCUT2D eigenvalue weighted by Crippen LogP contribution is 2.21. The van der Waals surface area contributed by atoms with Crippen LogP contribution >= 0.6 is 0 Å². The molecule has 1 aromatic carbocycles. The number of nitrogens with zero attached hydrogens (tertiary/aromatic N) is 4. The lowest BCUT2D eigenvalue weighted by Gasteiger charge is -1.99. The van der Waals surface area contributed by atoms with Gasteiger partial charge in [0.15, 0.2) is 11.6 Å². The highest BCUT2D eigenvalue weighted by molar-refractivity contribution is 5.87. The van der Waals surface area contributed by atoms with Crippen molar-refractivity contribution in [2.75, 3.05) is 10.6 Å². The molecule has 0 aliphatic carbocycles. The fraction of sp³-hybridized carbons (Fsp3) is 0.143. The van der Waals surface area contributed by atoms with E-state index in [-0.39, 0.29) is 23.7 Å². The molecule has 0 spiro atoms. The molecule has 0 atom stereocenters. The van der Waals surface area contributed by atoms with Crippen molar-refractivity contribution in [2.45, 2.75) is 13.8 Å². The SMILES string of the molecule is CC(=O)Nc1n[nH]c(-c2ccc(-c3nc(NC(C)=O)n[nH]3)cc2)n1. The van der Waals surface area contributed by atoms with Crippen molar-refractivity contribution < 1.29 is 9.59 Å². The van der Waals surface area contributed by atoms with Gasteiger partial charge in [-0.1, -0.05) is 24.3 Å². The number of nitrogens with one attached hydrogen (secondary N) is 4. The largest absolute Gasteiger partial charge is 0.293 e. The minimum absolute atomic E-state index is 0.219. The smallest absolute Gasteiger partial charge is 0.249 e. The van der Waals surface area contributed by atoms with Gasteiger partial charge in [-0.25, -0.2) is 0 Å². The van der Waals surface area contributed by atoms with Crippen molar-refractivity contribution in [3.05, 3.63) is 24.3 Å². The zero-order valence-electron chi connectivity index (χ0n) is 12.9. The lowest BCUT2D eigenvalue weighted by atomic mass is 10.1. The molecule has 10 nitrogen and oxygen atoms in total. The fourth-order valence-corrected chi connectivity index (χ4v) is 1.99. The van der Waals surface area contributed by atoms with Gasteiger partial charge in [-0.3, -0.25) is 30.4 Å². The van der Waals surface area contributed by atoms with Crippen LogP contribution in [0.3, 0.4) is 0 Å². The molecule has 0 aliphatic rings. The van der Waals surface area contributed by atoms with Crippen molar-refractivity contribution in [3.8, 4) is 22.8 Å². The van der Waals surface area contributed by atoms with Gasteiger partial charge < -0.3 is 0 Å².